The van der Waals surface area contributed by atoms with Gasteiger partial charge in [-0.15, -0.1) is 0 Å². The molecule has 0 aliphatic rings. The molecular formula is C13H14INO2. The molecule has 0 fully saturated rings. The number of aromatic nitrogens is 1. The zero-order chi connectivity index (χ0) is 11.5. The molecule has 0 unspecified atom stereocenters. The third-order valence-corrected chi connectivity index (χ3v) is 2.71. The van der Waals surface area contributed by atoms with Crippen LogP contribution in [0.3, 0.4) is 0 Å². The molecule has 0 bridgehead atoms. The average molecular weight is 343 g/mol. The molecule has 1 N–H and O–H groups in total. The van der Waals surface area contributed by atoms with Gasteiger partial charge >= 0.3 is 5.97 Å². The summed E-state index contributed by atoms with van der Waals surface area (Å²) in [4.78, 5) is 10.6. The van der Waals surface area contributed by atoms with Crippen molar-refractivity contribution in [2.75, 3.05) is 0 Å². The highest BCUT2D eigenvalue weighted by molar-refractivity contribution is 5.78. The molecule has 1 aromatic carbocycles. The van der Waals surface area contributed by atoms with E-state index in [1.54, 1.807) is 0 Å². The number of hydrogen-bond acceptors (Lipinski definition) is 1. The van der Waals surface area contributed by atoms with Crippen LogP contribution in [0.4, 0.5) is 0 Å². The van der Waals surface area contributed by atoms with Crippen LogP contribution in [0.2, 0.25) is 0 Å². The Morgan fingerprint density at radius 3 is 2.71 bits per heavy atom. The summed E-state index contributed by atoms with van der Waals surface area (Å²) in [6, 6.07) is 10.1. The third kappa shape index (κ3) is 3.15. The second kappa shape index (κ2) is 5.95. The molecule has 17 heavy (non-hydrogen) atoms. The van der Waals surface area contributed by atoms with Crippen molar-refractivity contribution in [2.24, 2.45) is 0 Å². The summed E-state index contributed by atoms with van der Waals surface area (Å²) >= 11 is 0. The van der Waals surface area contributed by atoms with Crippen molar-refractivity contribution >= 4 is 16.9 Å². The monoisotopic (exact) mass is 343 g/mol. The molecule has 4 heteroatoms. The largest absolute Gasteiger partial charge is 1.00 e. The first-order valence-electron chi connectivity index (χ1n) is 5.28. The van der Waals surface area contributed by atoms with Crippen LogP contribution >= 0.6 is 0 Å². The first kappa shape index (κ1) is 13.9. The minimum atomic E-state index is -0.767. The van der Waals surface area contributed by atoms with Crippen LogP contribution in [-0.2, 0) is 11.3 Å². The smallest absolute Gasteiger partial charge is 0.309 e. The lowest BCUT2D eigenvalue weighted by molar-refractivity contribution is -0.670. The van der Waals surface area contributed by atoms with Crippen LogP contribution < -0.4 is 28.5 Å². The number of halogens is 1. The maximum Gasteiger partial charge on any atom is 0.309 e. The number of hydrogen-bond donors (Lipinski definition) is 1. The second-order valence-corrected chi connectivity index (χ2v) is 3.85. The molecule has 1 heterocycles. The lowest BCUT2D eigenvalue weighted by Crippen LogP contribution is -3.00. The first-order chi connectivity index (χ1) is 7.68. The van der Waals surface area contributed by atoms with Gasteiger partial charge in [0.25, 0.3) is 0 Å². The Bertz CT molecular complexity index is 540. The molecule has 3 nitrogen and oxygen atoms in total. The first-order valence-corrected chi connectivity index (χ1v) is 5.28. The molecule has 0 aliphatic carbocycles. The van der Waals surface area contributed by atoms with Gasteiger partial charge in [-0.2, -0.15) is 4.57 Å². The zero-order valence-corrected chi connectivity index (χ0v) is 11.7. The number of aryl methyl sites for hydroxylation is 2. The minimum absolute atomic E-state index is 0. The number of aliphatic carboxylic acids is 1. The maximum absolute atomic E-state index is 10.6. The van der Waals surface area contributed by atoms with E-state index in [0.717, 1.165) is 5.52 Å². The molecule has 90 valence electrons. The van der Waals surface area contributed by atoms with Crippen molar-refractivity contribution < 1.29 is 38.4 Å². The van der Waals surface area contributed by atoms with Crippen molar-refractivity contribution in [3.8, 4) is 0 Å². The van der Waals surface area contributed by atoms with Gasteiger partial charge in [-0.25, -0.2) is 0 Å². The number of rotatable bonds is 3. The number of carbonyl (C=O) groups is 1. The van der Waals surface area contributed by atoms with Crippen LogP contribution in [0, 0.1) is 6.92 Å². The number of para-hydroxylation sites is 1. The topological polar surface area (TPSA) is 41.2 Å². The molecule has 0 amide bonds. The number of pyridine rings is 1. The van der Waals surface area contributed by atoms with E-state index in [9.17, 15) is 4.79 Å². The fourth-order valence-corrected chi connectivity index (χ4v) is 1.84. The van der Waals surface area contributed by atoms with Crippen LogP contribution in [-0.4, -0.2) is 11.1 Å². The number of benzene rings is 1. The summed E-state index contributed by atoms with van der Waals surface area (Å²) in [5, 5.41) is 9.86. The van der Waals surface area contributed by atoms with Gasteiger partial charge < -0.3 is 29.1 Å². The standard InChI is InChI=1S/C13H13NO2.HI/c1-10-6-8-14(9-7-13(15)16)12-5-3-2-4-11(10)12;/h2-6,8H,7,9H2,1H3;1H. The SMILES string of the molecule is Cc1cc[n+](CCC(=O)O)c2ccccc12.[I-]. The fraction of sp³-hybridized carbons (Fsp3) is 0.231. The fourth-order valence-electron chi connectivity index (χ4n) is 1.84. The van der Waals surface area contributed by atoms with Crippen LogP contribution in [0.25, 0.3) is 10.9 Å². The number of nitrogens with zero attached hydrogens (tertiary/aromatic N) is 1. The molecular weight excluding hydrogens is 329 g/mol. The highest BCUT2D eigenvalue weighted by Gasteiger charge is 2.11. The number of fused-ring (bicyclic) bond motifs is 1. The van der Waals surface area contributed by atoms with E-state index in [2.05, 4.69) is 13.0 Å². The van der Waals surface area contributed by atoms with Crippen molar-refractivity contribution in [1.82, 2.24) is 0 Å². The Balaban J connectivity index is 0.00000144. The summed E-state index contributed by atoms with van der Waals surface area (Å²) in [6.45, 7) is 2.57. The summed E-state index contributed by atoms with van der Waals surface area (Å²) < 4.78 is 1.98. The van der Waals surface area contributed by atoms with Crippen molar-refractivity contribution in [3.63, 3.8) is 0 Å². The van der Waals surface area contributed by atoms with E-state index in [-0.39, 0.29) is 30.4 Å². The van der Waals surface area contributed by atoms with Crippen LogP contribution in [0.15, 0.2) is 36.5 Å². The predicted octanol–water partition coefficient (Wildman–Crippen LogP) is -1.09. The summed E-state index contributed by atoms with van der Waals surface area (Å²) in [6.07, 6.45) is 2.10. The number of carboxylic acids is 1. The van der Waals surface area contributed by atoms with E-state index in [1.165, 1.54) is 10.9 Å². The van der Waals surface area contributed by atoms with E-state index < -0.39 is 5.97 Å². The Hall–Kier alpha value is -1.17. The van der Waals surface area contributed by atoms with E-state index in [0.29, 0.717) is 6.54 Å². The maximum atomic E-state index is 10.6. The lowest BCUT2D eigenvalue weighted by atomic mass is 10.1. The van der Waals surface area contributed by atoms with Gasteiger partial charge in [0, 0.05) is 17.5 Å². The molecule has 0 atom stereocenters. The molecule has 0 aliphatic heterocycles. The molecule has 0 saturated carbocycles. The summed E-state index contributed by atoms with van der Waals surface area (Å²) in [5.74, 6) is -0.767. The Kier molecular flexibility index (Phi) is 4.86. The van der Waals surface area contributed by atoms with Crippen LogP contribution in [0.1, 0.15) is 12.0 Å². The Morgan fingerprint density at radius 2 is 2.00 bits per heavy atom. The van der Waals surface area contributed by atoms with Gasteiger partial charge in [-0.1, -0.05) is 12.1 Å². The molecule has 2 aromatic rings. The van der Waals surface area contributed by atoms with Gasteiger partial charge in [0.15, 0.2) is 12.7 Å². The second-order valence-electron chi connectivity index (χ2n) is 3.85. The van der Waals surface area contributed by atoms with E-state index >= 15 is 0 Å². The zero-order valence-electron chi connectivity index (χ0n) is 9.56. The Labute approximate surface area is 117 Å². The van der Waals surface area contributed by atoms with Crippen molar-refractivity contribution in [1.29, 1.82) is 0 Å². The van der Waals surface area contributed by atoms with Gasteiger partial charge in [-0.3, -0.25) is 4.79 Å². The number of carboxylic acid groups (broad SMARTS) is 1. The van der Waals surface area contributed by atoms with Crippen LogP contribution in [0.5, 0.6) is 0 Å². The molecule has 0 radical (unpaired) electrons. The van der Waals surface area contributed by atoms with Gasteiger partial charge in [0.1, 0.15) is 6.42 Å². The molecule has 0 saturated heterocycles. The quantitative estimate of drug-likeness (QED) is 0.569. The Morgan fingerprint density at radius 1 is 1.29 bits per heavy atom. The van der Waals surface area contributed by atoms with Crippen molar-refractivity contribution in [2.45, 2.75) is 19.9 Å². The molecule has 2 rings (SSSR count). The van der Waals surface area contributed by atoms with E-state index in [1.807, 2.05) is 35.0 Å². The van der Waals surface area contributed by atoms with Gasteiger partial charge in [0.2, 0.25) is 5.52 Å². The summed E-state index contributed by atoms with van der Waals surface area (Å²) in [7, 11) is 0. The molecule has 0 spiro atoms. The van der Waals surface area contributed by atoms with E-state index in [4.69, 9.17) is 5.11 Å². The molecule has 1 aromatic heterocycles. The normalized spacial score (nSPS) is 9.94. The minimum Gasteiger partial charge on any atom is -1.00 e. The average Bonchev–Trinajstić information content (AvgIpc) is 2.28. The predicted molar refractivity (Wildman–Crippen MR) is 61.1 cm³/mol. The summed E-state index contributed by atoms with van der Waals surface area (Å²) in [5.41, 5.74) is 2.30. The van der Waals surface area contributed by atoms with Gasteiger partial charge in [-0.05, 0) is 18.6 Å². The lowest BCUT2D eigenvalue weighted by Gasteiger charge is -2.02. The highest BCUT2D eigenvalue weighted by Crippen LogP contribution is 2.13. The highest BCUT2D eigenvalue weighted by atomic mass is 127. The van der Waals surface area contributed by atoms with Gasteiger partial charge in [0.05, 0.1) is 0 Å². The van der Waals surface area contributed by atoms with Crippen molar-refractivity contribution in [3.05, 3.63) is 42.1 Å². The third-order valence-electron chi connectivity index (χ3n) is 2.71.